The third-order valence-electron chi connectivity index (χ3n) is 5.74. The van der Waals surface area contributed by atoms with E-state index in [1.165, 1.54) is 24.1 Å². The highest BCUT2D eigenvalue weighted by atomic mass is 35.5. The van der Waals surface area contributed by atoms with Gasteiger partial charge in [-0.25, -0.2) is 9.18 Å². The molecule has 0 aliphatic carbocycles. The molecular formula is C26H22ClFN2O3. The number of para-hydroxylation sites is 1. The van der Waals surface area contributed by atoms with Crippen LogP contribution < -0.4 is 4.90 Å². The molecule has 0 atom stereocenters. The lowest BCUT2D eigenvalue weighted by Crippen LogP contribution is -2.24. The van der Waals surface area contributed by atoms with Crippen LogP contribution in [0.25, 0.3) is 11.8 Å². The number of ether oxygens (including phenoxy) is 1. The molecule has 1 aliphatic heterocycles. The van der Waals surface area contributed by atoms with Crippen molar-refractivity contribution in [3.63, 3.8) is 0 Å². The minimum Gasteiger partial charge on any atom is -0.465 e. The van der Waals surface area contributed by atoms with Gasteiger partial charge >= 0.3 is 5.97 Å². The van der Waals surface area contributed by atoms with Crippen LogP contribution in [0.1, 0.15) is 23.9 Å². The molecule has 0 N–H and O–H groups in total. The van der Waals surface area contributed by atoms with Crippen molar-refractivity contribution in [3.8, 4) is 5.69 Å². The molecule has 1 amide bonds. The van der Waals surface area contributed by atoms with Gasteiger partial charge in [0.05, 0.1) is 29.0 Å². The third kappa shape index (κ3) is 3.87. The number of amides is 1. The first-order valence-electron chi connectivity index (χ1n) is 10.3. The molecule has 0 saturated heterocycles. The Morgan fingerprint density at radius 2 is 1.73 bits per heavy atom. The van der Waals surface area contributed by atoms with E-state index in [9.17, 15) is 14.0 Å². The number of anilines is 1. The Morgan fingerprint density at radius 1 is 1.06 bits per heavy atom. The highest BCUT2D eigenvalue weighted by molar-refractivity contribution is 6.35. The van der Waals surface area contributed by atoms with E-state index in [0.717, 1.165) is 22.6 Å². The second-order valence-electron chi connectivity index (χ2n) is 7.74. The number of rotatable bonds is 4. The molecule has 168 valence electrons. The van der Waals surface area contributed by atoms with Crippen LogP contribution in [0.5, 0.6) is 0 Å². The van der Waals surface area contributed by atoms with Crippen molar-refractivity contribution in [3.05, 3.63) is 99.2 Å². The van der Waals surface area contributed by atoms with Crippen molar-refractivity contribution in [2.45, 2.75) is 20.8 Å². The highest BCUT2D eigenvalue weighted by Gasteiger charge is 2.38. The lowest BCUT2D eigenvalue weighted by Gasteiger charge is -2.19. The highest BCUT2D eigenvalue weighted by Crippen LogP contribution is 2.39. The second kappa shape index (κ2) is 8.71. The molecule has 1 aromatic heterocycles. The standard InChI is InChI=1S/C26H22ClFN2O3/c1-15-13-18(16(2)29(15)20-11-9-19(28)10-12-20)14-21-24(26(32)33-4)17(3)30(25(21)31)23-8-6-5-7-22(23)27/h5-14H,1-4H3/b21-14-. The van der Waals surface area contributed by atoms with Crippen LogP contribution in [0, 0.1) is 19.7 Å². The molecule has 1 aliphatic rings. The Morgan fingerprint density at radius 3 is 2.36 bits per heavy atom. The van der Waals surface area contributed by atoms with Crippen LogP contribution in [0.4, 0.5) is 10.1 Å². The van der Waals surface area contributed by atoms with Crippen LogP contribution in [0.2, 0.25) is 5.02 Å². The molecule has 3 aromatic rings. The lowest BCUT2D eigenvalue weighted by atomic mass is 10.0. The average Bonchev–Trinajstić information content (AvgIpc) is 3.20. The van der Waals surface area contributed by atoms with Crippen LogP contribution in [-0.2, 0) is 14.3 Å². The second-order valence-corrected chi connectivity index (χ2v) is 8.15. The minimum atomic E-state index is -0.603. The van der Waals surface area contributed by atoms with Gasteiger partial charge in [0.1, 0.15) is 5.82 Å². The zero-order valence-electron chi connectivity index (χ0n) is 18.6. The maximum Gasteiger partial charge on any atom is 0.340 e. The van der Waals surface area contributed by atoms with Crippen molar-refractivity contribution in [1.29, 1.82) is 0 Å². The van der Waals surface area contributed by atoms with Gasteiger partial charge in [-0.2, -0.15) is 0 Å². The largest absolute Gasteiger partial charge is 0.465 e. The molecule has 0 fully saturated rings. The summed E-state index contributed by atoms with van der Waals surface area (Å²) in [5, 5.41) is 0.394. The predicted molar refractivity (Wildman–Crippen MR) is 127 cm³/mol. The van der Waals surface area contributed by atoms with Gasteiger partial charge in [-0.3, -0.25) is 9.69 Å². The monoisotopic (exact) mass is 464 g/mol. The SMILES string of the molecule is COC(=O)C1=C(C)N(c2ccccc2Cl)C(=O)/C1=C\c1cc(C)n(-c2ccc(F)cc2)c1C. The summed E-state index contributed by atoms with van der Waals surface area (Å²) in [4.78, 5) is 27.6. The molecule has 0 spiro atoms. The summed E-state index contributed by atoms with van der Waals surface area (Å²) < 4.78 is 20.3. The third-order valence-corrected chi connectivity index (χ3v) is 6.06. The normalized spacial score (nSPS) is 15.0. The molecule has 0 radical (unpaired) electrons. The van der Waals surface area contributed by atoms with Crippen LogP contribution >= 0.6 is 11.6 Å². The maximum atomic E-state index is 13.5. The van der Waals surface area contributed by atoms with E-state index in [0.29, 0.717) is 16.4 Å². The number of allylic oxidation sites excluding steroid dienone is 1. The van der Waals surface area contributed by atoms with Gasteiger partial charge in [0, 0.05) is 22.8 Å². The van der Waals surface area contributed by atoms with Crippen LogP contribution in [0.15, 0.2) is 71.4 Å². The molecule has 0 bridgehead atoms. The molecule has 0 unspecified atom stereocenters. The van der Waals surface area contributed by atoms with E-state index < -0.39 is 5.97 Å². The molecule has 5 nitrogen and oxygen atoms in total. The Labute approximate surface area is 196 Å². The van der Waals surface area contributed by atoms with E-state index in [4.69, 9.17) is 16.3 Å². The number of carbonyl (C=O) groups excluding carboxylic acids is 2. The maximum absolute atomic E-state index is 13.5. The number of hydrogen-bond donors (Lipinski definition) is 0. The zero-order chi connectivity index (χ0) is 23.9. The Bertz CT molecular complexity index is 1340. The average molecular weight is 465 g/mol. The lowest BCUT2D eigenvalue weighted by molar-refractivity contribution is -0.136. The molecule has 2 heterocycles. The summed E-state index contributed by atoms with van der Waals surface area (Å²) in [6, 6.07) is 15.1. The van der Waals surface area contributed by atoms with Gasteiger partial charge < -0.3 is 9.30 Å². The number of halogens is 2. The van der Waals surface area contributed by atoms with Crippen molar-refractivity contribution < 1.29 is 18.7 Å². The van der Waals surface area contributed by atoms with E-state index in [2.05, 4.69) is 0 Å². The zero-order valence-corrected chi connectivity index (χ0v) is 19.4. The van der Waals surface area contributed by atoms with E-state index in [1.807, 2.05) is 24.5 Å². The quantitative estimate of drug-likeness (QED) is 0.364. The fourth-order valence-electron chi connectivity index (χ4n) is 4.18. The molecule has 33 heavy (non-hydrogen) atoms. The molecular weight excluding hydrogens is 443 g/mol. The van der Waals surface area contributed by atoms with Gasteiger partial charge in [0.25, 0.3) is 5.91 Å². The first-order chi connectivity index (χ1) is 15.7. The van der Waals surface area contributed by atoms with E-state index >= 15 is 0 Å². The summed E-state index contributed by atoms with van der Waals surface area (Å²) in [6.45, 7) is 5.52. The molecule has 7 heteroatoms. The molecule has 0 saturated carbocycles. The predicted octanol–water partition coefficient (Wildman–Crippen LogP) is 5.76. The van der Waals surface area contributed by atoms with Gasteiger partial charge in [-0.1, -0.05) is 23.7 Å². The summed E-state index contributed by atoms with van der Waals surface area (Å²) in [5.41, 5.74) is 4.65. The summed E-state index contributed by atoms with van der Waals surface area (Å²) in [5.74, 6) is -1.29. The summed E-state index contributed by atoms with van der Waals surface area (Å²) in [7, 11) is 1.28. The number of carbonyl (C=O) groups is 2. The number of methoxy groups -OCH3 is 1. The minimum absolute atomic E-state index is 0.189. The van der Waals surface area contributed by atoms with E-state index in [-0.39, 0.29) is 22.9 Å². The van der Waals surface area contributed by atoms with Crippen molar-refractivity contribution in [2.24, 2.45) is 0 Å². The molecule has 2 aromatic carbocycles. The first kappa shape index (κ1) is 22.6. The summed E-state index contributed by atoms with van der Waals surface area (Å²) in [6.07, 6.45) is 1.69. The Balaban J connectivity index is 1.86. The number of benzene rings is 2. The number of aromatic nitrogens is 1. The van der Waals surface area contributed by atoms with Crippen LogP contribution in [0.3, 0.4) is 0 Å². The van der Waals surface area contributed by atoms with Gasteiger partial charge in [-0.05, 0) is 74.9 Å². The number of nitrogens with zero attached hydrogens (tertiary/aromatic N) is 2. The fourth-order valence-corrected chi connectivity index (χ4v) is 4.40. The number of aryl methyl sites for hydroxylation is 1. The Hall–Kier alpha value is -3.64. The molecule has 4 rings (SSSR count). The van der Waals surface area contributed by atoms with Crippen molar-refractivity contribution in [1.82, 2.24) is 4.57 Å². The van der Waals surface area contributed by atoms with Gasteiger partial charge in [0.2, 0.25) is 0 Å². The first-order valence-corrected chi connectivity index (χ1v) is 10.7. The van der Waals surface area contributed by atoms with Crippen LogP contribution in [-0.4, -0.2) is 23.6 Å². The van der Waals surface area contributed by atoms with Crippen molar-refractivity contribution >= 4 is 35.2 Å². The van der Waals surface area contributed by atoms with Gasteiger partial charge in [0.15, 0.2) is 0 Å². The van der Waals surface area contributed by atoms with Crippen molar-refractivity contribution in [2.75, 3.05) is 12.0 Å². The Kier molecular flexibility index (Phi) is 5.95. The number of hydrogen-bond acceptors (Lipinski definition) is 3. The van der Waals surface area contributed by atoms with E-state index in [1.54, 1.807) is 49.4 Å². The number of esters is 1. The van der Waals surface area contributed by atoms with Gasteiger partial charge in [-0.15, -0.1) is 0 Å². The smallest absolute Gasteiger partial charge is 0.340 e. The topological polar surface area (TPSA) is 51.5 Å². The fraction of sp³-hybridized carbons (Fsp3) is 0.154. The summed E-state index contributed by atoms with van der Waals surface area (Å²) >= 11 is 6.35.